The number of unbranched alkanes of at least 4 members (excludes halogenated alkanes) is 22. The Kier molecular flexibility index (Phi) is 37.8. The summed E-state index contributed by atoms with van der Waals surface area (Å²) >= 11 is 0. The highest BCUT2D eigenvalue weighted by molar-refractivity contribution is 4.69. The summed E-state index contributed by atoms with van der Waals surface area (Å²) in [5.74, 6) is 0. The number of hydrogen-bond acceptors (Lipinski definition) is 2. The molecule has 0 amide bonds. The predicted octanol–water partition coefficient (Wildman–Crippen LogP) is 7.11. The van der Waals surface area contributed by atoms with E-state index in [-0.39, 0.29) is 23.1 Å². The van der Waals surface area contributed by atoms with Crippen molar-refractivity contribution in [3.05, 3.63) is 0 Å². The van der Waals surface area contributed by atoms with Gasteiger partial charge in [0.2, 0.25) is 0 Å². The van der Waals surface area contributed by atoms with Crippen LogP contribution in [0.2, 0.25) is 0 Å². The van der Waals surface area contributed by atoms with Crippen molar-refractivity contribution in [2.24, 2.45) is 0 Å². The molecule has 0 fully saturated rings. The van der Waals surface area contributed by atoms with Gasteiger partial charge in [0.25, 0.3) is 0 Å². The number of halogens is 1. The van der Waals surface area contributed by atoms with E-state index < -0.39 is 0 Å². The minimum Gasteiger partial charge on any atom is -1.00 e. The highest BCUT2D eigenvalue weighted by atomic mass is 79.9. The van der Waals surface area contributed by atoms with Crippen LogP contribution in [0.4, 0.5) is 0 Å². The van der Waals surface area contributed by atoms with Gasteiger partial charge < -0.3 is 31.4 Å². The molecule has 244 valence electrons. The van der Waals surface area contributed by atoms with Crippen molar-refractivity contribution >= 4 is 0 Å². The molecule has 0 aliphatic rings. The standard InChI is InChI=1S/C36H75NO2.BrH/c1-6-9-11-13-15-17-19-21-23-25-27-29-32-38-34-36(35(31-8-3)37(4)5)39-33-30-28-26-24-22-20-18-16-14-12-10-7-2;/h35-36H,6-34H2,1-5H3;1H. The van der Waals surface area contributed by atoms with E-state index in [9.17, 15) is 0 Å². The van der Waals surface area contributed by atoms with Gasteiger partial charge in [-0.15, -0.1) is 0 Å². The number of likely N-dealkylation sites (N-methyl/N-ethyl adjacent to an activating group) is 1. The van der Waals surface area contributed by atoms with Crippen LogP contribution in [0, 0.1) is 0 Å². The molecule has 0 bridgehead atoms. The minimum absolute atomic E-state index is 0. The Morgan fingerprint density at radius 2 is 0.800 bits per heavy atom. The molecular formula is C36H76BrNO2. The third-order valence-corrected chi connectivity index (χ3v) is 8.54. The van der Waals surface area contributed by atoms with Gasteiger partial charge in [0, 0.05) is 19.6 Å². The summed E-state index contributed by atoms with van der Waals surface area (Å²) in [6, 6.07) is 0.536. The van der Waals surface area contributed by atoms with Crippen molar-refractivity contribution in [2.75, 3.05) is 33.9 Å². The number of nitrogens with one attached hydrogen (secondary N) is 1. The summed E-state index contributed by atoms with van der Waals surface area (Å²) in [5.41, 5.74) is 0. The molecule has 0 aromatic rings. The number of ether oxygens (including phenoxy) is 2. The summed E-state index contributed by atoms with van der Waals surface area (Å²) in [7, 11) is 4.57. The van der Waals surface area contributed by atoms with E-state index in [2.05, 4.69) is 34.9 Å². The molecule has 0 heterocycles. The van der Waals surface area contributed by atoms with Gasteiger partial charge in [0.15, 0.2) is 0 Å². The molecular weight excluding hydrogens is 558 g/mol. The fraction of sp³-hybridized carbons (Fsp3) is 1.00. The van der Waals surface area contributed by atoms with Gasteiger partial charge in [-0.3, -0.25) is 0 Å². The van der Waals surface area contributed by atoms with Crippen LogP contribution in [-0.2, 0) is 9.47 Å². The van der Waals surface area contributed by atoms with Crippen LogP contribution in [0.3, 0.4) is 0 Å². The quantitative estimate of drug-likeness (QED) is 0.0778. The maximum atomic E-state index is 6.48. The smallest absolute Gasteiger partial charge is 0.132 e. The minimum atomic E-state index is 0. The van der Waals surface area contributed by atoms with Crippen LogP contribution >= 0.6 is 0 Å². The largest absolute Gasteiger partial charge is 1.00 e. The molecule has 1 N–H and O–H groups in total. The van der Waals surface area contributed by atoms with Gasteiger partial charge in [0.05, 0.1) is 20.7 Å². The van der Waals surface area contributed by atoms with Crippen LogP contribution in [0.25, 0.3) is 0 Å². The summed E-state index contributed by atoms with van der Waals surface area (Å²) in [6.07, 6.45) is 36.1. The average molecular weight is 635 g/mol. The van der Waals surface area contributed by atoms with Crippen LogP contribution in [0.5, 0.6) is 0 Å². The highest BCUT2D eigenvalue weighted by Crippen LogP contribution is 2.14. The molecule has 0 aliphatic heterocycles. The number of quaternary nitrogens is 1. The van der Waals surface area contributed by atoms with Crippen molar-refractivity contribution in [3.63, 3.8) is 0 Å². The molecule has 0 spiro atoms. The van der Waals surface area contributed by atoms with E-state index in [1.807, 2.05) is 0 Å². The first-order chi connectivity index (χ1) is 19.2. The Hall–Kier alpha value is 0.360. The molecule has 0 aromatic heterocycles. The number of rotatable bonds is 33. The molecule has 2 atom stereocenters. The molecule has 2 unspecified atom stereocenters. The molecule has 0 saturated carbocycles. The van der Waals surface area contributed by atoms with E-state index in [1.54, 1.807) is 0 Å². The van der Waals surface area contributed by atoms with Crippen LogP contribution in [-0.4, -0.2) is 46.1 Å². The monoisotopic (exact) mass is 634 g/mol. The lowest BCUT2D eigenvalue weighted by Crippen LogP contribution is -3.11. The third-order valence-electron chi connectivity index (χ3n) is 8.54. The zero-order valence-corrected chi connectivity index (χ0v) is 29.9. The molecule has 0 saturated heterocycles. The Morgan fingerprint density at radius 3 is 1.15 bits per heavy atom. The Labute approximate surface area is 264 Å². The van der Waals surface area contributed by atoms with Crippen LogP contribution < -0.4 is 21.9 Å². The predicted molar refractivity (Wildman–Crippen MR) is 174 cm³/mol. The van der Waals surface area contributed by atoms with Crippen LogP contribution in [0.1, 0.15) is 188 Å². The summed E-state index contributed by atoms with van der Waals surface area (Å²) in [5, 5.41) is 0. The SMILES string of the molecule is CCCCCCCCCCCCCCOCC(OCCCCCCCCCCCCCC)C(CCC)[NH+](C)C.[Br-]. The zero-order valence-electron chi connectivity index (χ0n) is 28.4. The molecule has 4 heteroatoms. The van der Waals surface area contributed by atoms with Crippen molar-refractivity contribution in [1.29, 1.82) is 0 Å². The molecule has 3 nitrogen and oxygen atoms in total. The Balaban J connectivity index is 0. The maximum Gasteiger partial charge on any atom is 0.132 e. The third kappa shape index (κ3) is 29.8. The second-order valence-electron chi connectivity index (χ2n) is 12.7. The lowest BCUT2D eigenvalue weighted by atomic mass is 10.0. The molecule has 0 aliphatic carbocycles. The normalized spacial score (nSPS) is 13.1. The van der Waals surface area contributed by atoms with Crippen molar-refractivity contribution in [1.82, 2.24) is 0 Å². The summed E-state index contributed by atoms with van der Waals surface area (Å²) in [6.45, 7) is 9.46. The average Bonchev–Trinajstić information content (AvgIpc) is 2.93. The first-order valence-electron chi connectivity index (χ1n) is 18.2. The van der Waals surface area contributed by atoms with E-state index in [1.165, 1.54) is 172 Å². The molecule has 0 rings (SSSR count). The summed E-state index contributed by atoms with van der Waals surface area (Å²) in [4.78, 5) is 1.51. The number of hydrogen-bond donors (Lipinski definition) is 1. The fourth-order valence-corrected chi connectivity index (χ4v) is 5.86. The maximum absolute atomic E-state index is 6.48. The zero-order chi connectivity index (χ0) is 28.7. The van der Waals surface area contributed by atoms with Gasteiger partial charge in [-0.2, -0.15) is 0 Å². The first-order valence-corrected chi connectivity index (χ1v) is 18.2. The fourth-order valence-electron chi connectivity index (χ4n) is 5.86. The molecule has 40 heavy (non-hydrogen) atoms. The van der Waals surface area contributed by atoms with E-state index >= 15 is 0 Å². The van der Waals surface area contributed by atoms with Crippen LogP contribution in [0.15, 0.2) is 0 Å². The van der Waals surface area contributed by atoms with Gasteiger partial charge >= 0.3 is 0 Å². The Morgan fingerprint density at radius 1 is 0.450 bits per heavy atom. The van der Waals surface area contributed by atoms with Crippen molar-refractivity contribution < 1.29 is 31.4 Å². The second kappa shape index (κ2) is 35.6. The first kappa shape index (κ1) is 42.5. The van der Waals surface area contributed by atoms with Crippen molar-refractivity contribution in [3.8, 4) is 0 Å². The molecule has 0 radical (unpaired) electrons. The van der Waals surface area contributed by atoms with Gasteiger partial charge in [0.1, 0.15) is 12.1 Å². The second-order valence-corrected chi connectivity index (χ2v) is 12.7. The topological polar surface area (TPSA) is 22.9 Å². The highest BCUT2D eigenvalue weighted by Gasteiger charge is 2.27. The lowest BCUT2D eigenvalue weighted by Gasteiger charge is -2.29. The van der Waals surface area contributed by atoms with Crippen molar-refractivity contribution in [2.45, 2.75) is 200 Å². The Bertz CT molecular complexity index is 449. The van der Waals surface area contributed by atoms with E-state index in [0.717, 1.165) is 19.8 Å². The molecule has 0 aromatic carbocycles. The van der Waals surface area contributed by atoms with Gasteiger partial charge in [-0.05, 0) is 12.8 Å². The van der Waals surface area contributed by atoms with Gasteiger partial charge in [-0.1, -0.05) is 168 Å². The van der Waals surface area contributed by atoms with Gasteiger partial charge in [-0.25, -0.2) is 0 Å². The summed E-state index contributed by atoms with van der Waals surface area (Å²) < 4.78 is 12.7. The van der Waals surface area contributed by atoms with E-state index in [4.69, 9.17) is 9.47 Å². The lowest BCUT2D eigenvalue weighted by molar-refractivity contribution is -0.890. The van der Waals surface area contributed by atoms with E-state index in [0.29, 0.717) is 6.04 Å².